The first-order valence-electron chi connectivity index (χ1n) is 6.69. The Morgan fingerprint density at radius 2 is 2.05 bits per heavy atom. The molecule has 102 valence electrons. The summed E-state index contributed by atoms with van der Waals surface area (Å²) in [5.41, 5.74) is 7.65. The van der Waals surface area contributed by atoms with Crippen molar-refractivity contribution in [2.24, 2.45) is 0 Å². The Balaban J connectivity index is 1.89. The lowest BCUT2D eigenvalue weighted by Crippen LogP contribution is -2.11. The summed E-state index contributed by atoms with van der Waals surface area (Å²) < 4.78 is 7.86. The highest BCUT2D eigenvalue weighted by molar-refractivity contribution is 5.41. The average Bonchev–Trinajstić information content (AvgIpc) is 2.88. The van der Waals surface area contributed by atoms with Gasteiger partial charge in [0.15, 0.2) is 0 Å². The number of hydrogen-bond donors (Lipinski definition) is 1. The van der Waals surface area contributed by atoms with Gasteiger partial charge >= 0.3 is 0 Å². The third-order valence-electron chi connectivity index (χ3n) is 3.34. The van der Waals surface area contributed by atoms with Gasteiger partial charge in [-0.05, 0) is 36.6 Å². The van der Waals surface area contributed by atoms with Crippen molar-refractivity contribution < 1.29 is 4.74 Å². The zero-order chi connectivity index (χ0) is 13.7. The molecular formula is C15H21N3O. The van der Waals surface area contributed by atoms with Crippen LogP contribution in [0.4, 0.5) is 5.69 Å². The molecule has 0 aliphatic rings. The van der Waals surface area contributed by atoms with Crippen molar-refractivity contribution in [1.29, 1.82) is 0 Å². The number of ether oxygens (including phenoxy) is 1. The molecule has 1 aromatic carbocycles. The number of nitrogens with two attached hydrogens (primary N) is 1. The molecule has 19 heavy (non-hydrogen) atoms. The second-order valence-electron chi connectivity index (χ2n) is 4.74. The monoisotopic (exact) mass is 259 g/mol. The fourth-order valence-corrected chi connectivity index (χ4v) is 1.96. The van der Waals surface area contributed by atoms with E-state index in [4.69, 9.17) is 10.5 Å². The molecule has 1 unspecified atom stereocenters. The Morgan fingerprint density at radius 3 is 2.74 bits per heavy atom. The number of nitrogen functional groups attached to an aromatic ring is 1. The van der Waals surface area contributed by atoms with Gasteiger partial charge in [-0.1, -0.05) is 13.8 Å². The highest BCUT2D eigenvalue weighted by atomic mass is 16.5. The average molecular weight is 259 g/mol. The molecule has 1 aromatic heterocycles. The van der Waals surface area contributed by atoms with Crippen LogP contribution in [0.25, 0.3) is 0 Å². The lowest BCUT2D eigenvalue weighted by Gasteiger charge is -2.13. The van der Waals surface area contributed by atoms with Crippen LogP contribution in [-0.4, -0.2) is 16.2 Å². The number of hydrogen-bond acceptors (Lipinski definition) is 3. The predicted molar refractivity (Wildman–Crippen MR) is 77.3 cm³/mol. The summed E-state index contributed by atoms with van der Waals surface area (Å²) in [7, 11) is 0. The van der Waals surface area contributed by atoms with E-state index < -0.39 is 0 Å². The summed E-state index contributed by atoms with van der Waals surface area (Å²) in [5, 5.41) is 0. The lowest BCUT2D eigenvalue weighted by atomic mass is 10.1. The van der Waals surface area contributed by atoms with Gasteiger partial charge in [0.1, 0.15) is 12.4 Å². The predicted octanol–water partition coefficient (Wildman–Crippen LogP) is 3.06. The fraction of sp³-hybridized carbons (Fsp3) is 0.400. The molecule has 0 amide bonds. The van der Waals surface area contributed by atoms with Crippen LogP contribution < -0.4 is 10.5 Å². The maximum absolute atomic E-state index is 5.70. The van der Waals surface area contributed by atoms with Crippen LogP contribution in [0, 0.1) is 0 Å². The Bertz CT molecular complexity index is 504. The van der Waals surface area contributed by atoms with Crippen LogP contribution >= 0.6 is 0 Å². The van der Waals surface area contributed by atoms with Gasteiger partial charge in [-0.3, -0.25) is 0 Å². The zero-order valence-electron chi connectivity index (χ0n) is 11.5. The highest BCUT2D eigenvalue weighted by Crippen LogP contribution is 2.18. The summed E-state index contributed by atoms with van der Waals surface area (Å²) in [6, 6.07) is 7.46. The maximum atomic E-state index is 5.70. The van der Waals surface area contributed by atoms with E-state index in [1.807, 2.05) is 36.8 Å². The molecule has 0 aliphatic heterocycles. The van der Waals surface area contributed by atoms with E-state index in [1.54, 1.807) is 0 Å². The smallest absolute Gasteiger partial charge is 0.119 e. The van der Waals surface area contributed by atoms with Gasteiger partial charge in [0.2, 0.25) is 0 Å². The van der Waals surface area contributed by atoms with Crippen molar-refractivity contribution in [3.63, 3.8) is 0 Å². The molecular weight excluding hydrogens is 238 g/mol. The Hall–Kier alpha value is -1.97. The van der Waals surface area contributed by atoms with Crippen molar-refractivity contribution in [1.82, 2.24) is 9.55 Å². The summed E-state index contributed by atoms with van der Waals surface area (Å²) in [6.07, 6.45) is 4.93. The molecule has 1 atom stereocenters. The summed E-state index contributed by atoms with van der Waals surface area (Å²) in [6.45, 7) is 5.84. The third-order valence-corrected chi connectivity index (χ3v) is 3.34. The molecule has 0 radical (unpaired) electrons. The van der Waals surface area contributed by atoms with Gasteiger partial charge in [-0.2, -0.15) is 0 Å². The van der Waals surface area contributed by atoms with Crippen molar-refractivity contribution >= 4 is 5.69 Å². The first-order chi connectivity index (χ1) is 9.20. The van der Waals surface area contributed by atoms with E-state index in [1.165, 1.54) is 5.69 Å². The van der Waals surface area contributed by atoms with E-state index in [-0.39, 0.29) is 0 Å². The van der Waals surface area contributed by atoms with Gasteiger partial charge in [-0.25, -0.2) is 4.98 Å². The molecule has 0 bridgehead atoms. The molecule has 0 fully saturated rings. The molecule has 4 nitrogen and oxygen atoms in total. The van der Waals surface area contributed by atoms with Crippen molar-refractivity contribution in [2.75, 3.05) is 12.3 Å². The van der Waals surface area contributed by atoms with Gasteiger partial charge < -0.3 is 15.0 Å². The number of imidazole rings is 1. The fourth-order valence-electron chi connectivity index (χ4n) is 1.96. The second-order valence-corrected chi connectivity index (χ2v) is 4.74. The Morgan fingerprint density at radius 1 is 1.32 bits per heavy atom. The minimum atomic E-state index is 0.527. The van der Waals surface area contributed by atoms with E-state index in [2.05, 4.69) is 23.4 Å². The lowest BCUT2D eigenvalue weighted by molar-refractivity contribution is 0.295. The molecule has 1 heterocycles. The summed E-state index contributed by atoms with van der Waals surface area (Å²) >= 11 is 0. The zero-order valence-corrected chi connectivity index (χ0v) is 11.5. The third kappa shape index (κ3) is 3.50. The minimum absolute atomic E-state index is 0.527. The maximum Gasteiger partial charge on any atom is 0.119 e. The second kappa shape index (κ2) is 6.27. The van der Waals surface area contributed by atoms with Gasteiger partial charge in [-0.15, -0.1) is 0 Å². The largest absolute Gasteiger partial charge is 0.492 e. The number of anilines is 1. The Labute approximate surface area is 114 Å². The Kier molecular flexibility index (Phi) is 4.44. The number of nitrogens with zero attached hydrogens (tertiary/aromatic N) is 2. The first kappa shape index (κ1) is 13.5. The van der Waals surface area contributed by atoms with E-state index in [9.17, 15) is 0 Å². The molecule has 0 saturated heterocycles. The minimum Gasteiger partial charge on any atom is -0.492 e. The van der Waals surface area contributed by atoms with Crippen LogP contribution in [0.3, 0.4) is 0 Å². The molecule has 0 saturated carbocycles. The van der Waals surface area contributed by atoms with E-state index >= 15 is 0 Å². The number of benzene rings is 1. The number of rotatable bonds is 6. The van der Waals surface area contributed by atoms with E-state index in [0.717, 1.165) is 24.4 Å². The molecule has 2 rings (SSSR count). The van der Waals surface area contributed by atoms with Gasteiger partial charge in [0, 0.05) is 17.6 Å². The van der Waals surface area contributed by atoms with Crippen LogP contribution in [0.1, 0.15) is 31.9 Å². The molecule has 0 aliphatic carbocycles. The normalized spacial score (nSPS) is 12.3. The molecule has 2 aromatic rings. The number of aromatic nitrogens is 2. The molecule has 2 N–H and O–H groups in total. The van der Waals surface area contributed by atoms with Crippen molar-refractivity contribution in [2.45, 2.75) is 32.7 Å². The van der Waals surface area contributed by atoms with Crippen LogP contribution in [0.5, 0.6) is 5.75 Å². The van der Waals surface area contributed by atoms with Crippen molar-refractivity contribution in [3.05, 3.63) is 42.5 Å². The van der Waals surface area contributed by atoms with Crippen LogP contribution in [-0.2, 0) is 6.54 Å². The van der Waals surface area contributed by atoms with Gasteiger partial charge in [0.25, 0.3) is 0 Å². The molecule has 0 spiro atoms. The van der Waals surface area contributed by atoms with Crippen LogP contribution in [0.15, 0.2) is 36.8 Å². The summed E-state index contributed by atoms with van der Waals surface area (Å²) in [4.78, 5) is 4.22. The molecule has 4 heteroatoms. The SMILES string of the molecule is CCC(C)c1cncn1CCOc1ccc(N)cc1. The topological polar surface area (TPSA) is 53.1 Å². The van der Waals surface area contributed by atoms with E-state index in [0.29, 0.717) is 12.5 Å². The van der Waals surface area contributed by atoms with Gasteiger partial charge in [0.05, 0.1) is 12.9 Å². The van der Waals surface area contributed by atoms with Crippen molar-refractivity contribution in [3.8, 4) is 5.75 Å². The first-order valence-corrected chi connectivity index (χ1v) is 6.69. The highest BCUT2D eigenvalue weighted by Gasteiger charge is 2.08. The van der Waals surface area contributed by atoms with Crippen LogP contribution in [0.2, 0.25) is 0 Å². The quantitative estimate of drug-likeness (QED) is 0.811. The standard InChI is InChI=1S/C15H21N3O/c1-3-12(2)15-10-17-11-18(15)8-9-19-14-6-4-13(16)5-7-14/h4-7,10-12H,3,8-9,16H2,1-2H3. The summed E-state index contributed by atoms with van der Waals surface area (Å²) in [5.74, 6) is 1.37.